The molecule has 0 radical (unpaired) electrons. The van der Waals surface area contributed by atoms with E-state index in [4.69, 9.17) is 0 Å². The number of aliphatic hydroxyl groups excluding tert-OH is 1. The topological polar surface area (TPSA) is 76.4 Å². The molecule has 5 nitrogen and oxygen atoms in total. The van der Waals surface area contributed by atoms with Crippen molar-refractivity contribution in [2.24, 2.45) is 5.92 Å². The number of thiophene rings is 1. The van der Waals surface area contributed by atoms with E-state index in [0.717, 1.165) is 24.0 Å². The van der Waals surface area contributed by atoms with Gasteiger partial charge in [0.1, 0.15) is 5.54 Å². The second-order valence-corrected chi connectivity index (χ2v) is 8.14. The molecule has 0 bridgehead atoms. The molecule has 1 fully saturated rings. The maximum Gasteiger partial charge on any atom is 0.235 e. The van der Waals surface area contributed by atoms with Gasteiger partial charge in [0.2, 0.25) is 5.91 Å². The van der Waals surface area contributed by atoms with Crippen LogP contribution in [0.25, 0.3) is 0 Å². The number of nitrogens with zero attached hydrogens (tertiary/aromatic N) is 2. The van der Waals surface area contributed by atoms with Gasteiger partial charge in [0.15, 0.2) is 0 Å². The first-order valence-corrected chi connectivity index (χ1v) is 10.1. The van der Waals surface area contributed by atoms with Gasteiger partial charge in [0.05, 0.1) is 18.7 Å². The van der Waals surface area contributed by atoms with Crippen molar-refractivity contribution in [1.82, 2.24) is 10.2 Å². The maximum atomic E-state index is 12.6. The molecular weight excluding hydrogens is 358 g/mol. The van der Waals surface area contributed by atoms with Crippen LogP contribution in [0.3, 0.4) is 0 Å². The van der Waals surface area contributed by atoms with Crippen LogP contribution in [0.2, 0.25) is 0 Å². The number of hydrogen-bond donors (Lipinski definition) is 2. The second kappa shape index (κ2) is 8.66. The predicted octanol–water partition coefficient (Wildman–Crippen LogP) is 3.09. The number of carbonyl (C=O) groups is 1. The molecule has 1 aromatic carbocycles. The third kappa shape index (κ3) is 5.39. The quantitative estimate of drug-likeness (QED) is 0.698. The number of nitrogens with one attached hydrogen (secondary N) is 1. The summed E-state index contributed by atoms with van der Waals surface area (Å²) in [6.07, 6.45) is 1.31. The van der Waals surface area contributed by atoms with Crippen LogP contribution in [0.4, 0.5) is 0 Å². The van der Waals surface area contributed by atoms with Crippen molar-refractivity contribution in [2.75, 3.05) is 13.1 Å². The van der Waals surface area contributed by atoms with Crippen LogP contribution < -0.4 is 5.32 Å². The van der Waals surface area contributed by atoms with Gasteiger partial charge in [-0.1, -0.05) is 30.3 Å². The summed E-state index contributed by atoms with van der Waals surface area (Å²) in [5.74, 6) is 0.0600. The average Bonchev–Trinajstić information content (AvgIpc) is 3.37. The van der Waals surface area contributed by atoms with Crippen molar-refractivity contribution < 1.29 is 9.90 Å². The molecule has 6 heteroatoms. The molecule has 2 atom stereocenters. The fourth-order valence-electron chi connectivity index (χ4n) is 3.26. The summed E-state index contributed by atoms with van der Waals surface area (Å²) in [5.41, 5.74) is 1.13. The Morgan fingerprint density at radius 3 is 2.74 bits per heavy atom. The molecule has 3 rings (SSSR count). The zero-order valence-corrected chi connectivity index (χ0v) is 16.3. The summed E-state index contributed by atoms with van der Waals surface area (Å²) in [7, 11) is 0. The monoisotopic (exact) mass is 383 g/mol. The molecule has 1 saturated carbocycles. The molecular formula is C21H25N3O2S. The van der Waals surface area contributed by atoms with Crippen LogP contribution in [0.1, 0.15) is 37.0 Å². The fourth-order valence-corrected chi connectivity index (χ4v) is 3.96. The van der Waals surface area contributed by atoms with E-state index in [2.05, 4.69) is 11.4 Å². The Balaban J connectivity index is 1.67. The van der Waals surface area contributed by atoms with Crippen LogP contribution in [-0.4, -0.2) is 34.5 Å². The first kappa shape index (κ1) is 19.6. The lowest BCUT2D eigenvalue weighted by Gasteiger charge is -2.28. The molecule has 142 valence electrons. The van der Waals surface area contributed by atoms with Gasteiger partial charge in [-0.15, -0.1) is 0 Å². The molecule has 1 aromatic heterocycles. The maximum absolute atomic E-state index is 12.6. The van der Waals surface area contributed by atoms with E-state index < -0.39 is 11.6 Å². The summed E-state index contributed by atoms with van der Waals surface area (Å²) in [6, 6.07) is 14.0. The van der Waals surface area contributed by atoms with Crippen molar-refractivity contribution in [2.45, 2.75) is 38.0 Å². The SMILES string of the molecule is CC(C#N)(NC(=O)CN(Cc1ccccc1)CC(O)c1ccsc1)C1CC1. The molecule has 1 heterocycles. The summed E-state index contributed by atoms with van der Waals surface area (Å²) in [5, 5.41) is 26.8. The average molecular weight is 384 g/mol. The zero-order chi connectivity index (χ0) is 19.3. The number of hydrogen-bond acceptors (Lipinski definition) is 5. The van der Waals surface area contributed by atoms with E-state index in [0.29, 0.717) is 13.1 Å². The molecule has 2 N–H and O–H groups in total. The molecule has 2 unspecified atom stereocenters. The second-order valence-electron chi connectivity index (χ2n) is 7.36. The normalized spacial score (nSPS) is 17.1. The van der Waals surface area contributed by atoms with Crippen LogP contribution >= 0.6 is 11.3 Å². The number of carbonyl (C=O) groups excluding carboxylic acids is 1. The lowest BCUT2D eigenvalue weighted by molar-refractivity contribution is -0.124. The largest absolute Gasteiger partial charge is 0.387 e. The van der Waals surface area contributed by atoms with E-state index in [1.54, 1.807) is 18.3 Å². The lowest BCUT2D eigenvalue weighted by Crippen LogP contribution is -2.50. The van der Waals surface area contributed by atoms with E-state index in [9.17, 15) is 15.2 Å². The Labute approximate surface area is 164 Å². The number of amides is 1. The third-order valence-corrected chi connectivity index (χ3v) is 5.70. The number of benzene rings is 1. The highest BCUT2D eigenvalue weighted by Gasteiger charge is 2.43. The Bertz CT molecular complexity index is 784. The van der Waals surface area contributed by atoms with Crippen molar-refractivity contribution in [1.29, 1.82) is 5.26 Å². The molecule has 1 aliphatic rings. The highest BCUT2D eigenvalue weighted by Crippen LogP contribution is 2.39. The highest BCUT2D eigenvalue weighted by atomic mass is 32.1. The van der Waals surface area contributed by atoms with Crippen molar-refractivity contribution in [3.63, 3.8) is 0 Å². The number of rotatable bonds is 9. The van der Waals surface area contributed by atoms with Crippen LogP contribution in [0.15, 0.2) is 47.2 Å². The molecule has 0 spiro atoms. The minimum Gasteiger partial charge on any atom is -0.387 e. The van der Waals surface area contributed by atoms with E-state index in [1.807, 2.05) is 52.1 Å². The summed E-state index contributed by atoms with van der Waals surface area (Å²) < 4.78 is 0. The summed E-state index contributed by atoms with van der Waals surface area (Å²) >= 11 is 1.54. The van der Waals surface area contributed by atoms with E-state index in [1.165, 1.54) is 0 Å². The molecule has 27 heavy (non-hydrogen) atoms. The molecule has 1 amide bonds. The number of nitriles is 1. The van der Waals surface area contributed by atoms with Gasteiger partial charge in [-0.05, 0) is 53.6 Å². The van der Waals surface area contributed by atoms with Gasteiger partial charge in [0.25, 0.3) is 0 Å². The van der Waals surface area contributed by atoms with Gasteiger partial charge < -0.3 is 10.4 Å². The number of aliphatic hydroxyl groups is 1. The van der Waals surface area contributed by atoms with E-state index in [-0.39, 0.29) is 18.4 Å². The molecule has 2 aromatic rings. The lowest BCUT2D eigenvalue weighted by atomic mass is 9.98. The van der Waals surface area contributed by atoms with Crippen molar-refractivity contribution in [3.05, 3.63) is 58.3 Å². The Kier molecular flexibility index (Phi) is 6.27. The van der Waals surface area contributed by atoms with Crippen LogP contribution in [-0.2, 0) is 11.3 Å². The molecule has 0 saturated heterocycles. The van der Waals surface area contributed by atoms with Crippen LogP contribution in [0, 0.1) is 17.2 Å². The first-order chi connectivity index (χ1) is 13.0. The fraction of sp³-hybridized carbons (Fsp3) is 0.429. The Hall–Kier alpha value is -2.20. The van der Waals surface area contributed by atoms with Gasteiger partial charge in [-0.25, -0.2) is 0 Å². The third-order valence-electron chi connectivity index (χ3n) is 5.00. The van der Waals surface area contributed by atoms with Gasteiger partial charge in [-0.2, -0.15) is 16.6 Å². The van der Waals surface area contributed by atoms with Gasteiger partial charge in [-0.3, -0.25) is 9.69 Å². The van der Waals surface area contributed by atoms with Gasteiger partial charge in [0, 0.05) is 13.1 Å². The highest BCUT2D eigenvalue weighted by molar-refractivity contribution is 7.07. The molecule has 0 aliphatic heterocycles. The summed E-state index contributed by atoms with van der Waals surface area (Å²) in [4.78, 5) is 14.6. The van der Waals surface area contributed by atoms with Crippen molar-refractivity contribution >= 4 is 17.2 Å². The van der Waals surface area contributed by atoms with E-state index >= 15 is 0 Å². The van der Waals surface area contributed by atoms with Crippen molar-refractivity contribution in [3.8, 4) is 6.07 Å². The minimum absolute atomic E-state index is 0.139. The predicted molar refractivity (Wildman–Crippen MR) is 106 cm³/mol. The zero-order valence-electron chi connectivity index (χ0n) is 15.5. The van der Waals surface area contributed by atoms with Gasteiger partial charge >= 0.3 is 0 Å². The van der Waals surface area contributed by atoms with Crippen LogP contribution in [0.5, 0.6) is 0 Å². The minimum atomic E-state index is -0.804. The molecule has 1 aliphatic carbocycles. The smallest absolute Gasteiger partial charge is 0.235 e. The Morgan fingerprint density at radius 1 is 1.41 bits per heavy atom. The Morgan fingerprint density at radius 2 is 2.15 bits per heavy atom. The summed E-state index contributed by atoms with van der Waals surface area (Å²) in [6.45, 7) is 2.85. The first-order valence-electron chi connectivity index (χ1n) is 9.19. The standard InChI is InChI=1S/C21H25N3O2S/c1-21(15-22,18-7-8-18)23-20(26)13-24(11-16-5-3-2-4-6-16)12-19(25)17-9-10-27-14-17/h2-6,9-10,14,18-19,25H,7-8,11-13H2,1H3,(H,23,26).